The monoisotopic (exact) mass is 485 g/mol. The summed E-state index contributed by atoms with van der Waals surface area (Å²) in [6, 6.07) is 12.1. The molecule has 34 heavy (non-hydrogen) atoms. The van der Waals surface area contributed by atoms with Crippen LogP contribution in [0.1, 0.15) is 51.0 Å². The number of methoxy groups -OCH3 is 1. The first-order valence-corrected chi connectivity index (χ1v) is 13.1. The van der Waals surface area contributed by atoms with Gasteiger partial charge in [-0.25, -0.2) is 13.1 Å². The van der Waals surface area contributed by atoms with Crippen molar-refractivity contribution in [3.05, 3.63) is 48.0 Å². The quantitative estimate of drug-likeness (QED) is 0.564. The van der Waals surface area contributed by atoms with Crippen LogP contribution in [0.5, 0.6) is 5.75 Å². The van der Waals surface area contributed by atoms with Crippen molar-refractivity contribution in [3.63, 3.8) is 0 Å². The molecule has 2 fully saturated rings. The average Bonchev–Trinajstić information content (AvgIpc) is 3.55. The van der Waals surface area contributed by atoms with E-state index >= 15 is 0 Å². The van der Waals surface area contributed by atoms with Crippen molar-refractivity contribution in [3.8, 4) is 5.75 Å². The first-order valence-electron chi connectivity index (χ1n) is 11.6. The predicted molar refractivity (Wildman–Crippen MR) is 131 cm³/mol. The maximum absolute atomic E-state index is 13.1. The van der Waals surface area contributed by atoms with Crippen molar-refractivity contribution in [1.82, 2.24) is 4.72 Å². The SMILES string of the molecule is CCC(C)c1ccccc1N1CC(C(=O)Nc2cc(S(=O)(=O)NC3CC3)ccc2OC)CC1=O. The van der Waals surface area contributed by atoms with Crippen LogP contribution in [-0.2, 0) is 19.6 Å². The smallest absolute Gasteiger partial charge is 0.240 e. The molecule has 2 amide bonds. The van der Waals surface area contributed by atoms with Crippen LogP contribution < -0.4 is 19.7 Å². The van der Waals surface area contributed by atoms with Gasteiger partial charge in [0.1, 0.15) is 5.75 Å². The number of para-hydroxylation sites is 1. The third kappa shape index (κ3) is 5.10. The fraction of sp³-hybridized carbons (Fsp3) is 0.440. The molecule has 9 heteroatoms. The Balaban J connectivity index is 1.53. The number of anilines is 2. The van der Waals surface area contributed by atoms with Gasteiger partial charge in [0.05, 0.1) is 23.6 Å². The van der Waals surface area contributed by atoms with E-state index in [-0.39, 0.29) is 47.3 Å². The number of sulfonamides is 1. The Morgan fingerprint density at radius 3 is 2.62 bits per heavy atom. The van der Waals surface area contributed by atoms with E-state index < -0.39 is 15.9 Å². The second-order valence-electron chi connectivity index (χ2n) is 9.02. The summed E-state index contributed by atoms with van der Waals surface area (Å²) < 4.78 is 33.2. The van der Waals surface area contributed by atoms with Crippen molar-refractivity contribution >= 4 is 33.2 Å². The maximum Gasteiger partial charge on any atom is 0.240 e. The van der Waals surface area contributed by atoms with E-state index in [1.54, 1.807) is 4.90 Å². The van der Waals surface area contributed by atoms with Crippen LogP contribution in [0.25, 0.3) is 0 Å². The second kappa shape index (κ2) is 9.76. The van der Waals surface area contributed by atoms with E-state index in [0.717, 1.165) is 30.5 Å². The molecular weight excluding hydrogens is 454 g/mol. The lowest BCUT2D eigenvalue weighted by atomic mass is 9.96. The van der Waals surface area contributed by atoms with Crippen molar-refractivity contribution in [1.29, 1.82) is 0 Å². The number of carbonyl (C=O) groups excluding carboxylic acids is 2. The highest BCUT2D eigenvalue weighted by Crippen LogP contribution is 2.35. The van der Waals surface area contributed by atoms with Crippen LogP contribution in [0, 0.1) is 5.92 Å². The Labute approximate surface area is 200 Å². The van der Waals surface area contributed by atoms with Gasteiger partial charge in [-0.05, 0) is 55.0 Å². The van der Waals surface area contributed by atoms with Crippen LogP contribution in [-0.4, -0.2) is 39.9 Å². The highest BCUT2D eigenvalue weighted by Gasteiger charge is 2.37. The molecule has 2 aliphatic rings. The van der Waals surface area contributed by atoms with Gasteiger partial charge >= 0.3 is 0 Å². The number of hydrogen-bond acceptors (Lipinski definition) is 5. The van der Waals surface area contributed by atoms with Crippen molar-refractivity contribution < 1.29 is 22.7 Å². The second-order valence-corrected chi connectivity index (χ2v) is 10.7. The molecule has 2 unspecified atom stereocenters. The molecule has 1 aliphatic heterocycles. The number of amides is 2. The zero-order valence-corrected chi connectivity index (χ0v) is 20.5. The summed E-state index contributed by atoms with van der Waals surface area (Å²) in [7, 11) is -2.23. The lowest BCUT2D eigenvalue weighted by Gasteiger charge is -2.23. The Kier molecular flexibility index (Phi) is 6.95. The van der Waals surface area contributed by atoms with E-state index in [4.69, 9.17) is 4.74 Å². The van der Waals surface area contributed by atoms with Gasteiger partial charge in [0.15, 0.2) is 0 Å². The van der Waals surface area contributed by atoms with Crippen LogP contribution in [0.15, 0.2) is 47.4 Å². The van der Waals surface area contributed by atoms with Gasteiger partial charge in [0, 0.05) is 24.7 Å². The minimum Gasteiger partial charge on any atom is -0.495 e. The minimum atomic E-state index is -3.69. The van der Waals surface area contributed by atoms with Gasteiger partial charge in [-0.3, -0.25) is 9.59 Å². The first-order chi connectivity index (χ1) is 16.2. The third-order valence-corrected chi connectivity index (χ3v) is 8.02. The molecule has 0 bridgehead atoms. The standard InChI is InChI=1S/C25H31N3O5S/c1-4-16(2)20-7-5-6-8-22(20)28-15-17(13-24(28)29)25(30)26-21-14-19(11-12-23(21)33-3)34(31,32)27-18-9-10-18/h5-8,11-12,14,16-18,27H,4,9-10,13,15H2,1-3H3,(H,26,30). The first kappa shape index (κ1) is 24.2. The Hall–Kier alpha value is -2.91. The number of carbonyl (C=O) groups is 2. The molecule has 0 spiro atoms. The summed E-state index contributed by atoms with van der Waals surface area (Å²) in [5.41, 5.74) is 2.19. The van der Waals surface area contributed by atoms with Gasteiger partial charge < -0.3 is 15.0 Å². The molecule has 2 aromatic carbocycles. The number of ether oxygens (including phenoxy) is 1. The van der Waals surface area contributed by atoms with E-state index in [0.29, 0.717) is 5.75 Å². The van der Waals surface area contributed by atoms with Crippen LogP contribution in [0.4, 0.5) is 11.4 Å². The van der Waals surface area contributed by atoms with Gasteiger partial charge in [0.2, 0.25) is 21.8 Å². The Morgan fingerprint density at radius 2 is 1.94 bits per heavy atom. The lowest BCUT2D eigenvalue weighted by molar-refractivity contribution is -0.122. The van der Waals surface area contributed by atoms with Gasteiger partial charge in [0.25, 0.3) is 0 Å². The van der Waals surface area contributed by atoms with Crippen LogP contribution in [0.3, 0.4) is 0 Å². The van der Waals surface area contributed by atoms with Gasteiger partial charge in [-0.2, -0.15) is 0 Å². The Bertz CT molecular complexity index is 1190. The summed E-state index contributed by atoms with van der Waals surface area (Å²) in [6.45, 7) is 4.49. The molecule has 4 rings (SSSR count). The lowest BCUT2D eigenvalue weighted by Crippen LogP contribution is -2.29. The van der Waals surface area contributed by atoms with E-state index in [9.17, 15) is 18.0 Å². The number of nitrogens with one attached hydrogen (secondary N) is 2. The number of nitrogens with zero attached hydrogens (tertiary/aromatic N) is 1. The van der Waals surface area contributed by atoms with E-state index in [1.165, 1.54) is 25.3 Å². The largest absolute Gasteiger partial charge is 0.495 e. The molecule has 1 aliphatic carbocycles. The van der Waals surface area contributed by atoms with Gasteiger partial charge in [-0.15, -0.1) is 0 Å². The summed E-state index contributed by atoms with van der Waals surface area (Å²) >= 11 is 0. The molecule has 1 heterocycles. The summed E-state index contributed by atoms with van der Waals surface area (Å²) in [4.78, 5) is 27.7. The minimum absolute atomic E-state index is 0.0288. The Morgan fingerprint density at radius 1 is 1.21 bits per heavy atom. The molecular formula is C25H31N3O5S. The van der Waals surface area contributed by atoms with Crippen LogP contribution in [0.2, 0.25) is 0 Å². The number of hydrogen-bond donors (Lipinski definition) is 2. The molecule has 2 aromatic rings. The molecule has 1 saturated carbocycles. The molecule has 8 nitrogen and oxygen atoms in total. The highest BCUT2D eigenvalue weighted by atomic mass is 32.2. The predicted octanol–water partition coefficient (Wildman–Crippen LogP) is 3.64. The summed E-state index contributed by atoms with van der Waals surface area (Å²) in [5.74, 6) is -0.378. The average molecular weight is 486 g/mol. The normalized spacial score (nSPS) is 19.2. The zero-order chi connectivity index (χ0) is 24.5. The molecule has 182 valence electrons. The highest BCUT2D eigenvalue weighted by molar-refractivity contribution is 7.89. The molecule has 2 N–H and O–H groups in total. The van der Waals surface area contributed by atoms with Gasteiger partial charge in [-0.1, -0.05) is 32.0 Å². The van der Waals surface area contributed by atoms with Crippen molar-refractivity contribution in [2.45, 2.75) is 56.4 Å². The number of benzene rings is 2. The number of rotatable bonds is 9. The maximum atomic E-state index is 13.1. The van der Waals surface area contributed by atoms with E-state index in [1.807, 2.05) is 24.3 Å². The van der Waals surface area contributed by atoms with Crippen LogP contribution >= 0.6 is 0 Å². The topological polar surface area (TPSA) is 105 Å². The molecule has 1 saturated heterocycles. The fourth-order valence-electron chi connectivity index (χ4n) is 4.16. The van der Waals surface area contributed by atoms with Crippen molar-refractivity contribution in [2.24, 2.45) is 5.92 Å². The van der Waals surface area contributed by atoms with E-state index in [2.05, 4.69) is 23.9 Å². The summed E-state index contributed by atoms with van der Waals surface area (Å²) in [6.07, 6.45) is 2.68. The summed E-state index contributed by atoms with van der Waals surface area (Å²) in [5, 5.41) is 2.79. The molecule has 0 radical (unpaired) electrons. The fourth-order valence-corrected chi connectivity index (χ4v) is 5.49. The van der Waals surface area contributed by atoms with Crippen molar-refractivity contribution in [2.75, 3.05) is 23.9 Å². The zero-order valence-electron chi connectivity index (χ0n) is 19.7. The molecule has 0 aromatic heterocycles. The molecule has 2 atom stereocenters. The third-order valence-electron chi connectivity index (χ3n) is 6.50.